The zero-order valence-corrected chi connectivity index (χ0v) is 7.48. The van der Waals surface area contributed by atoms with Gasteiger partial charge in [-0.1, -0.05) is 0 Å². The first-order valence-electron chi connectivity index (χ1n) is 2.44. The van der Waals surface area contributed by atoms with E-state index >= 15 is 0 Å². The van der Waals surface area contributed by atoms with E-state index in [4.69, 9.17) is 0 Å². The molecule has 0 unspecified atom stereocenters. The molecule has 0 aliphatic heterocycles. The Labute approximate surface area is 78.6 Å². The van der Waals surface area contributed by atoms with E-state index in [-0.39, 0.29) is 21.1 Å². The first kappa shape index (κ1) is 11.6. The third-order valence-corrected chi connectivity index (χ3v) is 0.990. The van der Waals surface area contributed by atoms with Crippen LogP contribution in [0, 0.1) is 35.2 Å². The normalized spacial score (nSPS) is 9.42. The molecule has 0 saturated carbocycles. The maximum absolute atomic E-state index is 12.0. The monoisotopic (exact) mass is 362 g/mol. The van der Waals surface area contributed by atoms with Crippen LogP contribution in [0.3, 0.4) is 0 Å². The Bertz CT molecular complexity index is 272. The van der Waals surface area contributed by atoms with Crippen molar-refractivity contribution in [2.75, 3.05) is 0 Å². The molecule has 0 aromatic heterocycles. The molecule has 0 amide bonds. The van der Waals surface area contributed by atoms with E-state index < -0.39 is 29.1 Å². The van der Waals surface area contributed by atoms with Gasteiger partial charge < -0.3 is 0 Å². The van der Waals surface area contributed by atoms with Crippen molar-refractivity contribution in [3.8, 4) is 0 Å². The molecule has 0 N–H and O–H groups in total. The predicted octanol–water partition coefficient (Wildman–Crippen LogP) is 2.18. The van der Waals surface area contributed by atoms with E-state index in [9.17, 15) is 22.0 Å². The van der Waals surface area contributed by atoms with Crippen molar-refractivity contribution in [3.05, 3.63) is 35.2 Å². The van der Waals surface area contributed by atoms with Crippen LogP contribution in [-0.4, -0.2) is 0 Å². The fourth-order valence-electron chi connectivity index (χ4n) is 0.495. The van der Waals surface area contributed by atoms with Crippen molar-refractivity contribution < 1.29 is 43.0 Å². The van der Waals surface area contributed by atoms with Crippen LogP contribution >= 0.6 is 0 Å². The average Bonchev–Trinajstić information content (AvgIpc) is 1.97. The summed E-state index contributed by atoms with van der Waals surface area (Å²) in [6.45, 7) is 0. The third-order valence-electron chi connectivity index (χ3n) is 0.990. The summed E-state index contributed by atoms with van der Waals surface area (Å²) in [5, 5.41) is 0. The zero-order chi connectivity index (χ0) is 8.59. The quantitative estimate of drug-likeness (QED) is 0.287. The smallest absolute Gasteiger partial charge is 0.278 e. The summed E-state index contributed by atoms with van der Waals surface area (Å²) >= 11 is 0. The van der Waals surface area contributed by atoms with Gasteiger partial charge in [0.25, 0.3) is 0 Å². The number of hydrogen-bond acceptors (Lipinski definition) is 0. The molecule has 0 fully saturated rings. The Kier molecular flexibility index (Phi) is 3.84. The Morgan fingerprint density at radius 2 is 1.00 bits per heavy atom. The van der Waals surface area contributed by atoms with Crippen LogP contribution in [0.15, 0.2) is 0 Å². The average molecular weight is 362 g/mol. The molecule has 68 valence electrons. The predicted molar refractivity (Wildman–Crippen MR) is 25.1 cm³/mol. The molecule has 0 bridgehead atoms. The van der Waals surface area contributed by atoms with E-state index in [1.807, 2.05) is 0 Å². The molecule has 0 aliphatic carbocycles. The van der Waals surface area contributed by atoms with E-state index in [0.717, 1.165) is 6.07 Å². The van der Waals surface area contributed by atoms with Gasteiger partial charge in [0.05, 0.1) is 29.1 Å². The molecule has 6 heteroatoms. The van der Waals surface area contributed by atoms with E-state index in [1.165, 1.54) is 0 Å². The molecule has 1 aromatic carbocycles. The maximum atomic E-state index is 12.0. The first-order chi connectivity index (χ1) is 5.04. The molecular weight excluding hydrogens is 362 g/mol. The van der Waals surface area contributed by atoms with Gasteiger partial charge in [0.15, 0.2) is 0 Å². The molecule has 0 spiro atoms. The number of benzene rings is 1. The second kappa shape index (κ2) is 3.99. The summed E-state index contributed by atoms with van der Waals surface area (Å²) in [4.78, 5) is 0. The maximum Gasteiger partial charge on any atom is 2.00 e. The number of hydrogen-bond donors (Lipinski definition) is 0. The van der Waals surface area contributed by atoms with Crippen molar-refractivity contribution in [1.82, 2.24) is 0 Å². The van der Waals surface area contributed by atoms with Crippen LogP contribution in [0.1, 0.15) is 0 Å². The van der Waals surface area contributed by atoms with Crippen LogP contribution in [0.4, 0.5) is 22.0 Å². The summed E-state index contributed by atoms with van der Waals surface area (Å²) in [6, 6.07) is 1.02. The number of halogens is 5. The zero-order valence-electron chi connectivity index (χ0n) is 5.21. The van der Waals surface area contributed by atoms with Crippen molar-refractivity contribution in [3.63, 3.8) is 0 Å². The summed E-state index contributed by atoms with van der Waals surface area (Å²) < 4.78 is 59.9. The Balaban J connectivity index is 0.00000121. The minimum absolute atomic E-state index is 0. The molecule has 0 radical (unpaired) electrons. The molecule has 12 heavy (non-hydrogen) atoms. The van der Waals surface area contributed by atoms with Crippen molar-refractivity contribution in [2.24, 2.45) is 0 Å². The van der Waals surface area contributed by atoms with E-state index in [2.05, 4.69) is 0 Å². The van der Waals surface area contributed by atoms with E-state index in [1.54, 1.807) is 0 Å². The molecule has 0 atom stereocenters. The molecule has 1 aromatic rings. The Morgan fingerprint density at radius 3 is 1.33 bits per heavy atom. The largest absolute Gasteiger partial charge is 2.00 e. The second-order valence-corrected chi connectivity index (χ2v) is 1.69. The van der Waals surface area contributed by atoms with Gasteiger partial charge in [-0.3, -0.25) is 8.78 Å². The molecule has 0 nitrogen and oxygen atoms in total. The third kappa shape index (κ3) is 1.83. The van der Waals surface area contributed by atoms with Gasteiger partial charge in [-0.2, -0.15) is 0 Å². The van der Waals surface area contributed by atoms with Crippen molar-refractivity contribution in [2.45, 2.75) is 0 Å². The van der Waals surface area contributed by atoms with Gasteiger partial charge in [0.1, 0.15) is 0 Å². The minimum atomic E-state index is -2.17. The SMILES string of the molecule is Fc1[c-]c(F)c(F)c(F)c1F.[Pt+2]. The van der Waals surface area contributed by atoms with Gasteiger partial charge in [0.2, 0.25) is 0 Å². The molecule has 0 aliphatic rings. The van der Waals surface area contributed by atoms with E-state index in [0.29, 0.717) is 0 Å². The van der Waals surface area contributed by atoms with Crippen LogP contribution in [0.25, 0.3) is 0 Å². The molecule has 1 rings (SSSR count). The van der Waals surface area contributed by atoms with Crippen molar-refractivity contribution >= 4 is 0 Å². The Hall–Kier alpha value is -0.442. The van der Waals surface area contributed by atoms with Gasteiger partial charge in [0, 0.05) is 0 Å². The summed E-state index contributed by atoms with van der Waals surface area (Å²) in [5.74, 6) is -10.0. The summed E-state index contributed by atoms with van der Waals surface area (Å²) in [6.07, 6.45) is 0. The Morgan fingerprint density at radius 1 is 0.667 bits per heavy atom. The summed E-state index contributed by atoms with van der Waals surface area (Å²) in [7, 11) is 0. The molecule has 0 saturated heterocycles. The van der Waals surface area contributed by atoms with Gasteiger partial charge >= 0.3 is 21.1 Å². The van der Waals surface area contributed by atoms with Crippen LogP contribution < -0.4 is 0 Å². The topological polar surface area (TPSA) is 0 Å². The van der Waals surface area contributed by atoms with Crippen LogP contribution in [0.2, 0.25) is 0 Å². The van der Waals surface area contributed by atoms with Crippen LogP contribution in [-0.2, 0) is 21.1 Å². The van der Waals surface area contributed by atoms with Gasteiger partial charge in [-0.15, -0.1) is 6.07 Å². The standard InChI is InChI=1S/C6F5.Pt/c7-2-1-3(8)5(10)6(11)4(2)9;/q-1;+2. The fraction of sp³-hybridized carbons (Fsp3) is 0. The minimum Gasteiger partial charge on any atom is -0.278 e. The molecule has 0 heterocycles. The second-order valence-electron chi connectivity index (χ2n) is 1.69. The van der Waals surface area contributed by atoms with Crippen LogP contribution in [0.5, 0.6) is 0 Å². The number of rotatable bonds is 0. The fourth-order valence-corrected chi connectivity index (χ4v) is 0.495. The van der Waals surface area contributed by atoms with Crippen molar-refractivity contribution in [1.29, 1.82) is 0 Å². The van der Waals surface area contributed by atoms with Gasteiger partial charge in [-0.05, 0) is 0 Å². The first-order valence-corrected chi connectivity index (χ1v) is 2.44. The summed E-state index contributed by atoms with van der Waals surface area (Å²) in [5.41, 5.74) is 0. The van der Waals surface area contributed by atoms with Gasteiger partial charge in [-0.25, -0.2) is 13.2 Å². The molecular formula is C6F5Pt+.